The van der Waals surface area contributed by atoms with Crippen LogP contribution in [0.2, 0.25) is 0 Å². The van der Waals surface area contributed by atoms with Crippen molar-refractivity contribution >= 4 is 0 Å². The van der Waals surface area contributed by atoms with Gasteiger partial charge in [0.15, 0.2) is 0 Å². The Hall–Kier alpha value is -1.18. The van der Waals surface area contributed by atoms with E-state index in [1.165, 1.54) is 12.5 Å². The van der Waals surface area contributed by atoms with Crippen molar-refractivity contribution in [1.82, 2.24) is 0 Å². The van der Waals surface area contributed by atoms with Gasteiger partial charge in [0.25, 0.3) is 0 Å². The summed E-state index contributed by atoms with van der Waals surface area (Å²) in [5, 5.41) is 0. The highest BCUT2D eigenvalue weighted by molar-refractivity contribution is 5.15. The summed E-state index contributed by atoms with van der Waals surface area (Å²) in [6.07, 6.45) is 7.14. The molecule has 0 amide bonds. The first-order chi connectivity index (χ1) is 6.73. The van der Waals surface area contributed by atoms with Crippen LogP contribution in [0.3, 0.4) is 0 Å². The van der Waals surface area contributed by atoms with Gasteiger partial charge >= 0.3 is 0 Å². The van der Waals surface area contributed by atoms with Crippen molar-refractivity contribution in [2.75, 3.05) is 0 Å². The molecule has 0 bridgehead atoms. The van der Waals surface area contributed by atoms with Gasteiger partial charge in [0.2, 0.25) is 0 Å². The molecule has 0 fully saturated rings. The van der Waals surface area contributed by atoms with Gasteiger partial charge in [-0.05, 0) is 19.3 Å². The van der Waals surface area contributed by atoms with Crippen molar-refractivity contribution in [1.29, 1.82) is 0 Å². The molecule has 0 spiro atoms. The minimum atomic E-state index is -0.212. The standard InChI is InChI=1S/C13H23NO/c1-7-15-11(10-14)13(5,6)9-8-12(2,3)4/h7-10H,1,14H2,2-6H3. The molecular formula is C13H23NO. The third-order valence-corrected chi connectivity index (χ3v) is 2.00. The zero-order valence-corrected chi connectivity index (χ0v) is 10.5. The number of ether oxygens (including phenoxy) is 1. The summed E-state index contributed by atoms with van der Waals surface area (Å²) in [5.41, 5.74) is 5.46. The van der Waals surface area contributed by atoms with Gasteiger partial charge in [-0.3, -0.25) is 0 Å². The molecule has 2 nitrogen and oxygen atoms in total. The van der Waals surface area contributed by atoms with Crippen molar-refractivity contribution in [2.45, 2.75) is 34.6 Å². The van der Waals surface area contributed by atoms with Crippen LogP contribution in [0.25, 0.3) is 0 Å². The maximum atomic E-state index is 5.52. The van der Waals surface area contributed by atoms with E-state index in [0.717, 1.165) is 0 Å². The molecule has 0 rings (SSSR count). The summed E-state index contributed by atoms with van der Waals surface area (Å²) in [7, 11) is 0. The summed E-state index contributed by atoms with van der Waals surface area (Å²) in [6.45, 7) is 14.1. The number of nitrogens with two attached hydrogens (primary N) is 1. The molecule has 0 unspecified atom stereocenters. The molecule has 0 aromatic rings. The summed E-state index contributed by atoms with van der Waals surface area (Å²) in [6, 6.07) is 0. The van der Waals surface area contributed by atoms with Gasteiger partial charge in [-0.25, -0.2) is 0 Å². The minimum absolute atomic E-state index is 0.158. The molecule has 2 heteroatoms. The van der Waals surface area contributed by atoms with E-state index in [4.69, 9.17) is 10.5 Å². The average molecular weight is 209 g/mol. The van der Waals surface area contributed by atoms with Crippen LogP contribution in [0.1, 0.15) is 34.6 Å². The summed E-state index contributed by atoms with van der Waals surface area (Å²) in [4.78, 5) is 0. The van der Waals surface area contributed by atoms with Crippen LogP contribution in [0.4, 0.5) is 0 Å². The first kappa shape index (κ1) is 13.8. The van der Waals surface area contributed by atoms with Gasteiger partial charge in [-0.2, -0.15) is 0 Å². The molecule has 2 N–H and O–H groups in total. The highest BCUT2D eigenvalue weighted by atomic mass is 16.5. The van der Waals surface area contributed by atoms with Crippen molar-refractivity contribution in [3.05, 3.63) is 37.0 Å². The third-order valence-electron chi connectivity index (χ3n) is 2.00. The zero-order valence-electron chi connectivity index (χ0n) is 10.5. The Bertz CT molecular complexity index is 267. The van der Waals surface area contributed by atoms with E-state index in [9.17, 15) is 0 Å². The van der Waals surface area contributed by atoms with Crippen LogP contribution in [0, 0.1) is 10.8 Å². The normalized spacial score (nSPS) is 14.3. The van der Waals surface area contributed by atoms with E-state index in [-0.39, 0.29) is 10.8 Å². The maximum Gasteiger partial charge on any atom is 0.128 e. The van der Waals surface area contributed by atoms with E-state index in [2.05, 4.69) is 53.3 Å². The Morgan fingerprint density at radius 2 is 1.67 bits per heavy atom. The molecule has 0 aliphatic rings. The second-order valence-corrected chi connectivity index (χ2v) is 5.24. The van der Waals surface area contributed by atoms with Gasteiger partial charge in [0.05, 0.1) is 6.26 Å². The second-order valence-electron chi connectivity index (χ2n) is 5.24. The predicted octanol–water partition coefficient (Wildman–Crippen LogP) is 3.58. The van der Waals surface area contributed by atoms with Crippen LogP contribution < -0.4 is 5.73 Å². The van der Waals surface area contributed by atoms with Gasteiger partial charge in [-0.15, -0.1) is 0 Å². The molecular weight excluding hydrogens is 186 g/mol. The highest BCUT2D eigenvalue weighted by Gasteiger charge is 2.22. The molecule has 0 saturated carbocycles. The zero-order chi connectivity index (χ0) is 12.1. The molecule has 0 atom stereocenters. The fourth-order valence-corrected chi connectivity index (χ4v) is 1.04. The SMILES string of the molecule is C=COC(=CN)C(C)(C)C=CC(C)(C)C. The van der Waals surface area contributed by atoms with E-state index in [1.54, 1.807) is 0 Å². The highest BCUT2D eigenvalue weighted by Crippen LogP contribution is 2.30. The van der Waals surface area contributed by atoms with Crippen molar-refractivity contribution < 1.29 is 4.74 Å². The van der Waals surface area contributed by atoms with E-state index >= 15 is 0 Å². The fourth-order valence-electron chi connectivity index (χ4n) is 1.04. The first-order valence-electron chi connectivity index (χ1n) is 5.13. The van der Waals surface area contributed by atoms with Crippen LogP contribution in [-0.4, -0.2) is 0 Å². The molecule has 0 radical (unpaired) electrons. The van der Waals surface area contributed by atoms with Crippen LogP contribution in [0.5, 0.6) is 0 Å². The van der Waals surface area contributed by atoms with Gasteiger partial charge in [0.1, 0.15) is 5.76 Å². The summed E-state index contributed by atoms with van der Waals surface area (Å²) >= 11 is 0. The van der Waals surface area contributed by atoms with Gasteiger partial charge < -0.3 is 10.5 Å². The lowest BCUT2D eigenvalue weighted by Gasteiger charge is -2.24. The Morgan fingerprint density at radius 3 is 2.00 bits per heavy atom. The van der Waals surface area contributed by atoms with Crippen molar-refractivity contribution in [3.8, 4) is 0 Å². The Labute approximate surface area is 93.5 Å². The lowest BCUT2D eigenvalue weighted by Crippen LogP contribution is -2.15. The Kier molecular flexibility index (Phi) is 4.66. The minimum Gasteiger partial charge on any atom is -0.468 e. The molecule has 0 heterocycles. The van der Waals surface area contributed by atoms with Crippen molar-refractivity contribution in [3.63, 3.8) is 0 Å². The number of rotatable bonds is 4. The first-order valence-corrected chi connectivity index (χ1v) is 5.13. The van der Waals surface area contributed by atoms with E-state index in [0.29, 0.717) is 5.76 Å². The molecule has 0 saturated heterocycles. The average Bonchev–Trinajstić information content (AvgIpc) is 2.10. The lowest BCUT2D eigenvalue weighted by molar-refractivity contribution is 0.264. The van der Waals surface area contributed by atoms with Gasteiger partial charge in [0, 0.05) is 11.6 Å². The second kappa shape index (κ2) is 5.06. The van der Waals surface area contributed by atoms with E-state index in [1.807, 2.05) is 0 Å². The summed E-state index contributed by atoms with van der Waals surface area (Å²) in [5.74, 6) is 0.706. The van der Waals surface area contributed by atoms with Crippen LogP contribution in [-0.2, 0) is 4.74 Å². The smallest absolute Gasteiger partial charge is 0.128 e. The number of allylic oxidation sites excluding steroid dienone is 2. The van der Waals surface area contributed by atoms with Crippen LogP contribution in [0.15, 0.2) is 37.0 Å². The quantitative estimate of drug-likeness (QED) is 0.567. The number of hydrogen-bond donors (Lipinski definition) is 1. The van der Waals surface area contributed by atoms with Crippen LogP contribution >= 0.6 is 0 Å². The third kappa shape index (κ3) is 5.31. The maximum absolute atomic E-state index is 5.52. The van der Waals surface area contributed by atoms with E-state index < -0.39 is 0 Å². The Balaban J connectivity index is 4.81. The molecule has 0 aliphatic carbocycles. The summed E-state index contributed by atoms with van der Waals surface area (Å²) < 4.78 is 5.27. The molecule has 0 aliphatic heterocycles. The number of hydrogen-bond acceptors (Lipinski definition) is 2. The van der Waals surface area contributed by atoms with Crippen molar-refractivity contribution in [2.24, 2.45) is 16.6 Å². The molecule has 15 heavy (non-hydrogen) atoms. The largest absolute Gasteiger partial charge is 0.468 e. The predicted molar refractivity (Wildman–Crippen MR) is 65.9 cm³/mol. The lowest BCUT2D eigenvalue weighted by atomic mass is 9.86. The monoisotopic (exact) mass is 209 g/mol. The fraction of sp³-hybridized carbons (Fsp3) is 0.538. The molecule has 0 aromatic carbocycles. The molecule has 86 valence electrons. The molecule has 0 aromatic heterocycles. The topological polar surface area (TPSA) is 35.2 Å². The Morgan fingerprint density at radius 1 is 1.13 bits per heavy atom. The van der Waals surface area contributed by atoms with Gasteiger partial charge in [-0.1, -0.05) is 39.5 Å².